The zero-order valence-electron chi connectivity index (χ0n) is 21.8. The minimum absolute atomic E-state index is 0.213. The summed E-state index contributed by atoms with van der Waals surface area (Å²) in [7, 11) is 0. The number of amides is 3. The Morgan fingerprint density at radius 2 is 1.77 bits per heavy atom. The summed E-state index contributed by atoms with van der Waals surface area (Å²) in [6, 6.07) is 8.52. The van der Waals surface area contributed by atoms with Gasteiger partial charge in [-0.1, -0.05) is 57.5 Å². The number of carbonyl (C=O) groups is 3. The maximum Gasteiger partial charge on any atom is 0.243 e. The van der Waals surface area contributed by atoms with Crippen LogP contribution in [0.3, 0.4) is 0 Å². The number of hydrogen-bond donors (Lipinski definition) is 3. The van der Waals surface area contributed by atoms with E-state index in [-0.39, 0.29) is 11.8 Å². The number of carbonyl (C=O) groups excluding carboxylic acids is 3. The monoisotopic (exact) mass is 488 g/mol. The summed E-state index contributed by atoms with van der Waals surface area (Å²) in [5.41, 5.74) is 0.655. The largest absolute Gasteiger partial charge is 0.353 e. The highest BCUT2D eigenvalue weighted by atomic mass is 16.5. The second-order valence-corrected chi connectivity index (χ2v) is 10.7. The highest BCUT2D eigenvalue weighted by Crippen LogP contribution is 2.23. The second-order valence-electron chi connectivity index (χ2n) is 10.7. The Bertz CT molecular complexity index is 790. The van der Waals surface area contributed by atoms with Crippen LogP contribution in [0.15, 0.2) is 30.3 Å². The third-order valence-corrected chi connectivity index (χ3v) is 6.86. The van der Waals surface area contributed by atoms with E-state index in [1.165, 1.54) is 19.3 Å². The van der Waals surface area contributed by atoms with Crippen LogP contribution in [-0.2, 0) is 20.8 Å². The first-order valence-corrected chi connectivity index (χ1v) is 12.9. The Labute approximate surface area is 210 Å². The summed E-state index contributed by atoms with van der Waals surface area (Å²) in [6.45, 7) is 10.9. The van der Waals surface area contributed by atoms with Crippen molar-refractivity contribution in [3.63, 3.8) is 0 Å². The molecule has 0 aliphatic carbocycles. The Morgan fingerprint density at radius 1 is 1.11 bits per heavy atom. The van der Waals surface area contributed by atoms with E-state index >= 15 is 0 Å². The number of nitrogens with zero attached hydrogens (tertiary/aromatic N) is 2. The van der Waals surface area contributed by atoms with Crippen LogP contribution in [0.1, 0.15) is 65.4 Å². The first-order valence-electron chi connectivity index (χ1n) is 12.9. The van der Waals surface area contributed by atoms with Crippen molar-refractivity contribution in [3.05, 3.63) is 35.9 Å². The van der Waals surface area contributed by atoms with Gasteiger partial charge in [-0.2, -0.15) is 0 Å². The highest BCUT2D eigenvalue weighted by molar-refractivity contribution is 5.89. The third kappa shape index (κ3) is 9.61. The molecule has 0 spiro atoms. The number of hydrogen-bond acceptors (Lipinski definition) is 5. The maximum atomic E-state index is 13.4. The average molecular weight is 489 g/mol. The predicted octanol–water partition coefficient (Wildman–Crippen LogP) is 2.99. The van der Waals surface area contributed by atoms with Crippen LogP contribution in [0.5, 0.6) is 0 Å². The lowest BCUT2D eigenvalue weighted by atomic mass is 9.84. The number of benzene rings is 1. The summed E-state index contributed by atoms with van der Waals surface area (Å²) in [4.78, 5) is 40.0. The molecule has 1 aliphatic rings. The zero-order chi connectivity index (χ0) is 25.8. The van der Waals surface area contributed by atoms with Gasteiger partial charge in [0.1, 0.15) is 6.04 Å². The molecule has 2 rings (SSSR count). The van der Waals surface area contributed by atoms with Crippen molar-refractivity contribution in [1.29, 1.82) is 0 Å². The van der Waals surface area contributed by atoms with E-state index in [9.17, 15) is 19.6 Å². The van der Waals surface area contributed by atoms with Gasteiger partial charge in [0.05, 0.1) is 12.0 Å². The number of likely N-dealkylation sites (tertiary alicyclic amines) is 1. The molecule has 1 heterocycles. The van der Waals surface area contributed by atoms with Gasteiger partial charge >= 0.3 is 0 Å². The molecule has 3 amide bonds. The highest BCUT2D eigenvalue weighted by Gasteiger charge is 2.36. The summed E-state index contributed by atoms with van der Waals surface area (Å²) in [5.74, 6) is -1.20. The van der Waals surface area contributed by atoms with Gasteiger partial charge in [-0.25, -0.2) is 5.06 Å². The standard InChI is InChI=1S/C27H44N4O4/c1-21(31(35)20-32)23(15-11-14-22-12-7-5-8-13-22)25(33)29-24(27(2,3)4)26(34)28-16-19-30-17-9-6-10-18-30/h5,7-8,12-13,20-21,23-24,35H,6,9-11,14-19H2,1-4H3,(H,28,34)(H,29,33)/t21-,23?,24?/m0/s1. The van der Waals surface area contributed by atoms with Gasteiger partial charge in [0, 0.05) is 13.1 Å². The minimum Gasteiger partial charge on any atom is -0.353 e. The summed E-state index contributed by atoms with van der Waals surface area (Å²) >= 11 is 0. The number of piperidine rings is 1. The molecule has 0 radical (unpaired) electrons. The molecule has 1 aromatic carbocycles. The van der Waals surface area contributed by atoms with E-state index in [4.69, 9.17) is 0 Å². The van der Waals surface area contributed by atoms with Crippen molar-refractivity contribution in [2.45, 2.75) is 78.3 Å². The molecule has 8 heteroatoms. The van der Waals surface area contributed by atoms with Crippen molar-refractivity contribution in [1.82, 2.24) is 20.6 Å². The Balaban J connectivity index is 2.01. The van der Waals surface area contributed by atoms with Crippen molar-refractivity contribution in [2.75, 3.05) is 26.2 Å². The fourth-order valence-electron chi connectivity index (χ4n) is 4.59. The number of nitrogens with one attached hydrogen (secondary N) is 2. The molecule has 1 fully saturated rings. The van der Waals surface area contributed by atoms with Crippen molar-refractivity contribution in [3.8, 4) is 0 Å². The van der Waals surface area contributed by atoms with E-state index in [1.807, 2.05) is 51.1 Å². The summed E-state index contributed by atoms with van der Waals surface area (Å²) in [6.07, 6.45) is 5.94. The minimum atomic E-state index is -0.733. The quantitative estimate of drug-likeness (QED) is 0.225. The van der Waals surface area contributed by atoms with Gasteiger partial charge in [-0.15, -0.1) is 0 Å². The molecule has 2 unspecified atom stereocenters. The molecule has 3 N–H and O–H groups in total. The van der Waals surface area contributed by atoms with E-state index in [0.29, 0.717) is 30.9 Å². The third-order valence-electron chi connectivity index (χ3n) is 6.86. The molecule has 0 bridgehead atoms. The van der Waals surface area contributed by atoms with Gasteiger partial charge in [-0.05, 0) is 63.1 Å². The summed E-state index contributed by atoms with van der Waals surface area (Å²) < 4.78 is 0. The molecule has 1 aliphatic heterocycles. The zero-order valence-corrected chi connectivity index (χ0v) is 21.8. The predicted molar refractivity (Wildman–Crippen MR) is 137 cm³/mol. The maximum absolute atomic E-state index is 13.4. The SMILES string of the molecule is C[C@@H](C(CCCc1ccccc1)C(=O)NC(C(=O)NCCN1CCCCC1)C(C)(C)C)N(O)C=O. The molecule has 1 aromatic rings. The van der Waals surface area contributed by atoms with Crippen LogP contribution < -0.4 is 10.6 Å². The first-order chi connectivity index (χ1) is 16.6. The molecule has 1 saturated heterocycles. The molecular formula is C27H44N4O4. The Kier molecular flexibility index (Phi) is 11.7. The van der Waals surface area contributed by atoms with Crippen LogP contribution in [0.2, 0.25) is 0 Å². The lowest BCUT2D eigenvalue weighted by Crippen LogP contribution is -2.57. The van der Waals surface area contributed by atoms with E-state index in [0.717, 1.165) is 31.6 Å². The van der Waals surface area contributed by atoms with Crippen LogP contribution in [-0.4, -0.2) is 71.7 Å². The molecule has 3 atom stereocenters. The fraction of sp³-hybridized carbons (Fsp3) is 0.667. The van der Waals surface area contributed by atoms with Crippen molar-refractivity contribution >= 4 is 18.2 Å². The van der Waals surface area contributed by atoms with Gasteiger partial charge in [-0.3, -0.25) is 19.6 Å². The van der Waals surface area contributed by atoms with Crippen molar-refractivity contribution < 1.29 is 19.6 Å². The fourth-order valence-corrected chi connectivity index (χ4v) is 4.59. The average Bonchev–Trinajstić information content (AvgIpc) is 2.84. The molecule has 0 saturated carbocycles. The lowest BCUT2D eigenvalue weighted by molar-refractivity contribution is -0.166. The number of rotatable bonds is 13. The van der Waals surface area contributed by atoms with Crippen LogP contribution in [0.25, 0.3) is 0 Å². The lowest BCUT2D eigenvalue weighted by Gasteiger charge is -2.34. The van der Waals surface area contributed by atoms with Gasteiger partial charge in [0.25, 0.3) is 0 Å². The van der Waals surface area contributed by atoms with Crippen LogP contribution >= 0.6 is 0 Å². The number of hydroxylamine groups is 2. The Hall–Kier alpha value is -2.45. The first kappa shape index (κ1) is 28.8. The van der Waals surface area contributed by atoms with Gasteiger partial charge < -0.3 is 15.5 Å². The van der Waals surface area contributed by atoms with E-state index in [2.05, 4.69) is 15.5 Å². The van der Waals surface area contributed by atoms with Crippen molar-refractivity contribution in [2.24, 2.45) is 11.3 Å². The summed E-state index contributed by atoms with van der Waals surface area (Å²) in [5, 5.41) is 16.5. The van der Waals surface area contributed by atoms with Gasteiger partial charge in [0.2, 0.25) is 18.2 Å². The second kappa shape index (κ2) is 14.2. The molecule has 35 heavy (non-hydrogen) atoms. The number of aryl methyl sites for hydroxylation is 1. The molecule has 0 aromatic heterocycles. The van der Waals surface area contributed by atoms with E-state index < -0.39 is 23.4 Å². The van der Waals surface area contributed by atoms with Gasteiger partial charge in [0.15, 0.2) is 0 Å². The van der Waals surface area contributed by atoms with Crippen LogP contribution in [0, 0.1) is 11.3 Å². The van der Waals surface area contributed by atoms with E-state index in [1.54, 1.807) is 6.92 Å². The topological polar surface area (TPSA) is 102 Å². The molecule has 8 nitrogen and oxygen atoms in total. The smallest absolute Gasteiger partial charge is 0.243 e. The normalized spacial score (nSPS) is 17.2. The van der Waals surface area contributed by atoms with Crippen LogP contribution in [0.4, 0.5) is 0 Å². The molecule has 196 valence electrons. The Morgan fingerprint density at radius 3 is 2.37 bits per heavy atom. The molecular weight excluding hydrogens is 444 g/mol.